The zero-order valence-corrected chi connectivity index (χ0v) is 16.1. The summed E-state index contributed by atoms with van der Waals surface area (Å²) in [5.41, 5.74) is 0. The maximum Gasteiger partial charge on any atom is 2.00 e. The summed E-state index contributed by atoms with van der Waals surface area (Å²) in [7, 11) is -8.51. The largest absolute Gasteiger partial charge is 2.00 e. The second-order valence-electron chi connectivity index (χ2n) is 3.53. The minimum atomic E-state index is -4.25. The van der Waals surface area contributed by atoms with E-state index in [1.807, 2.05) is 0 Å². The molecule has 21 heavy (non-hydrogen) atoms. The van der Waals surface area contributed by atoms with E-state index >= 15 is 0 Å². The summed E-state index contributed by atoms with van der Waals surface area (Å²) in [5, 5.41) is 0. The van der Waals surface area contributed by atoms with Gasteiger partial charge in [-0.25, -0.2) is 16.8 Å². The van der Waals surface area contributed by atoms with Crippen molar-refractivity contribution >= 4 is 47.5 Å². The number of hydrogen-bond donors (Lipinski definition) is 0. The molecule has 0 heterocycles. The summed E-state index contributed by atoms with van der Waals surface area (Å²) < 4.78 is 61.7. The van der Waals surface area contributed by atoms with E-state index in [0.29, 0.717) is 0 Å². The molecule has 6 nitrogen and oxygen atoms in total. The van der Waals surface area contributed by atoms with Crippen molar-refractivity contribution in [1.29, 1.82) is 0 Å². The quantitative estimate of drug-likeness (QED) is 0.427. The molecule has 0 fully saturated rings. The summed E-state index contributed by atoms with van der Waals surface area (Å²) in [6.07, 6.45) is 0. The smallest absolute Gasteiger partial charge is 0.744 e. The maximum atomic E-state index is 10.3. The first-order chi connectivity index (χ1) is 9.21. The fraction of sp³-hybridized carbons (Fsp3) is 0. The van der Waals surface area contributed by atoms with Crippen LogP contribution in [-0.2, 0) is 20.2 Å². The summed E-state index contributed by atoms with van der Waals surface area (Å²) in [5.74, 6) is 0. The van der Waals surface area contributed by atoms with E-state index in [2.05, 4.69) is 0 Å². The van der Waals surface area contributed by atoms with E-state index in [-0.39, 0.29) is 37.1 Å². The van der Waals surface area contributed by atoms with Crippen LogP contribution in [0.4, 0.5) is 0 Å². The Morgan fingerprint density at radius 2 is 0.810 bits per heavy atom. The molecule has 2 rings (SSSR count). The Morgan fingerprint density at radius 1 is 0.571 bits per heavy atom. The Balaban J connectivity index is 0.000000364. The first kappa shape index (κ1) is 20.2. The molecule has 0 unspecified atom stereocenters. The molecule has 9 heteroatoms. The molecule has 0 N–H and O–H groups in total. The SMILES string of the molecule is O=S(=O)([O-])c1ccccc1.O=S(=O)([O-])c1ccccc1.[Pb+2]. The molecule has 0 aliphatic heterocycles. The van der Waals surface area contributed by atoms with E-state index in [1.54, 1.807) is 12.1 Å². The van der Waals surface area contributed by atoms with E-state index in [4.69, 9.17) is 0 Å². The van der Waals surface area contributed by atoms with E-state index in [9.17, 15) is 25.9 Å². The van der Waals surface area contributed by atoms with Crippen molar-refractivity contribution < 1.29 is 25.9 Å². The van der Waals surface area contributed by atoms with Gasteiger partial charge < -0.3 is 9.11 Å². The Hall–Kier alpha value is -0.818. The van der Waals surface area contributed by atoms with Crippen molar-refractivity contribution in [3.05, 3.63) is 60.7 Å². The summed E-state index contributed by atoms with van der Waals surface area (Å²) in [4.78, 5) is -0.370. The predicted octanol–water partition coefficient (Wildman–Crippen LogP) is 0.801. The molecule has 2 radical (unpaired) electrons. The Kier molecular flexibility index (Phi) is 8.25. The normalized spacial score (nSPS) is 10.8. The minimum absolute atomic E-state index is 0. The topological polar surface area (TPSA) is 114 Å². The number of hydrogen-bond acceptors (Lipinski definition) is 6. The average Bonchev–Trinajstić information content (AvgIpc) is 2.40. The van der Waals surface area contributed by atoms with Gasteiger partial charge in [-0.3, -0.25) is 0 Å². The molecule has 0 spiro atoms. The second-order valence-corrected chi connectivity index (χ2v) is 6.29. The molecule has 2 aromatic rings. The van der Waals surface area contributed by atoms with Crippen LogP contribution in [0.3, 0.4) is 0 Å². The molecule has 0 aromatic heterocycles. The van der Waals surface area contributed by atoms with Crippen molar-refractivity contribution in [1.82, 2.24) is 0 Å². The maximum absolute atomic E-state index is 10.3. The molecule has 0 amide bonds. The first-order valence-corrected chi connectivity index (χ1v) is 8.05. The Morgan fingerprint density at radius 3 is 0.952 bits per heavy atom. The Bertz CT molecular complexity index is 675. The molecule has 0 aliphatic rings. The van der Waals surface area contributed by atoms with Crippen LogP contribution < -0.4 is 0 Å². The molecule has 0 aliphatic carbocycles. The van der Waals surface area contributed by atoms with Crippen LogP contribution in [0, 0.1) is 0 Å². The monoisotopic (exact) mass is 522 g/mol. The summed E-state index contributed by atoms with van der Waals surface area (Å²) in [6, 6.07) is 14.4. The molecule has 110 valence electrons. The molecular weight excluding hydrogens is 511 g/mol. The van der Waals surface area contributed by atoms with Gasteiger partial charge in [-0.15, -0.1) is 0 Å². The van der Waals surface area contributed by atoms with Gasteiger partial charge in [-0.1, -0.05) is 36.4 Å². The second kappa shape index (κ2) is 8.58. The number of benzene rings is 2. The third-order valence-corrected chi connectivity index (χ3v) is 3.76. The van der Waals surface area contributed by atoms with Gasteiger partial charge >= 0.3 is 27.3 Å². The van der Waals surface area contributed by atoms with Crippen LogP contribution in [0.1, 0.15) is 0 Å². The fourth-order valence-corrected chi connectivity index (χ4v) is 2.16. The third kappa shape index (κ3) is 7.66. The van der Waals surface area contributed by atoms with Crippen LogP contribution in [0.25, 0.3) is 0 Å². The summed E-state index contributed by atoms with van der Waals surface area (Å²) >= 11 is 0. The standard InChI is InChI=1S/2C6H6O3S.Pb/c2*7-10(8,9)6-4-2-1-3-5-6;/h2*1-5H,(H,7,8,9);/q;;+2/p-2. The fourth-order valence-electron chi connectivity index (χ4n) is 1.17. The molecule has 0 bridgehead atoms. The van der Waals surface area contributed by atoms with Crippen LogP contribution in [0.2, 0.25) is 0 Å². The van der Waals surface area contributed by atoms with Crippen LogP contribution >= 0.6 is 0 Å². The van der Waals surface area contributed by atoms with Gasteiger partial charge in [-0.2, -0.15) is 0 Å². The van der Waals surface area contributed by atoms with Gasteiger partial charge in [0.2, 0.25) is 0 Å². The molecule has 0 saturated carbocycles. The van der Waals surface area contributed by atoms with Crippen molar-refractivity contribution in [2.45, 2.75) is 9.79 Å². The van der Waals surface area contributed by atoms with E-state index in [1.165, 1.54) is 48.5 Å². The predicted molar refractivity (Wildman–Crippen MR) is 74.6 cm³/mol. The average molecular weight is 522 g/mol. The van der Waals surface area contributed by atoms with Crippen molar-refractivity contribution in [2.24, 2.45) is 0 Å². The molecular formula is C12H10O6PbS2. The van der Waals surface area contributed by atoms with Crippen LogP contribution in [-0.4, -0.2) is 53.2 Å². The van der Waals surface area contributed by atoms with Gasteiger partial charge in [-0.05, 0) is 24.3 Å². The third-order valence-electron chi connectivity index (χ3n) is 2.06. The van der Waals surface area contributed by atoms with Crippen molar-refractivity contribution in [2.75, 3.05) is 0 Å². The zero-order chi connectivity index (χ0) is 15.2. The summed E-state index contributed by atoms with van der Waals surface area (Å²) in [6.45, 7) is 0. The number of rotatable bonds is 2. The van der Waals surface area contributed by atoms with Crippen molar-refractivity contribution in [3.63, 3.8) is 0 Å². The van der Waals surface area contributed by atoms with Gasteiger partial charge in [0.15, 0.2) is 0 Å². The van der Waals surface area contributed by atoms with Gasteiger partial charge in [0.05, 0.1) is 9.79 Å². The minimum Gasteiger partial charge on any atom is -0.744 e. The zero-order valence-electron chi connectivity index (χ0n) is 10.5. The van der Waals surface area contributed by atoms with Crippen LogP contribution in [0.5, 0.6) is 0 Å². The van der Waals surface area contributed by atoms with Gasteiger partial charge in [0.1, 0.15) is 20.2 Å². The molecule has 2 aromatic carbocycles. The molecule has 0 atom stereocenters. The van der Waals surface area contributed by atoms with Crippen molar-refractivity contribution in [3.8, 4) is 0 Å². The van der Waals surface area contributed by atoms with Crippen LogP contribution in [0.15, 0.2) is 70.5 Å². The van der Waals surface area contributed by atoms with Gasteiger partial charge in [0, 0.05) is 0 Å². The van der Waals surface area contributed by atoms with Gasteiger partial charge in [0.25, 0.3) is 0 Å². The van der Waals surface area contributed by atoms with E-state index < -0.39 is 20.2 Å². The first-order valence-electron chi connectivity index (χ1n) is 5.23. The Labute approximate surface area is 143 Å². The molecule has 0 saturated heterocycles. The van der Waals surface area contributed by atoms with E-state index in [0.717, 1.165) is 0 Å².